The first-order valence-corrected chi connectivity index (χ1v) is 8.82. The average molecular weight is 360 g/mol. The minimum absolute atomic E-state index is 0.0287. The zero-order chi connectivity index (χ0) is 18.4. The van der Waals surface area contributed by atoms with Crippen LogP contribution in [0.4, 0.5) is 4.39 Å². The van der Waals surface area contributed by atoms with Gasteiger partial charge in [-0.1, -0.05) is 0 Å². The number of fused-ring (bicyclic) bond motifs is 1. The second kappa shape index (κ2) is 5.86. The van der Waals surface area contributed by atoms with E-state index in [4.69, 9.17) is 10.00 Å². The fourth-order valence-electron chi connectivity index (χ4n) is 2.77. The molecule has 1 aliphatic rings. The van der Waals surface area contributed by atoms with Crippen LogP contribution in [0.5, 0.6) is 11.5 Å². The molecule has 0 spiro atoms. The third kappa shape index (κ3) is 2.62. The van der Waals surface area contributed by atoms with E-state index < -0.39 is 21.7 Å². The summed E-state index contributed by atoms with van der Waals surface area (Å²) in [5, 5.41) is 8.89. The van der Waals surface area contributed by atoms with Crippen LogP contribution in [0.1, 0.15) is 28.4 Å². The number of hydrogen-bond acceptors (Lipinski definition) is 5. The standard InChI is InChI=1S/C17H13FN2O4S/c1-3-20-17(21)14-4-5-15(10(2)16(14)25(20,22)23)24-13-7-11(9-19)6-12(18)8-13/h4-8H,3H2,1-2H3. The summed E-state index contributed by atoms with van der Waals surface area (Å²) in [4.78, 5) is 12.1. The molecule has 0 unspecified atom stereocenters. The van der Waals surface area contributed by atoms with Gasteiger partial charge < -0.3 is 4.74 Å². The molecular weight excluding hydrogens is 347 g/mol. The number of carbonyl (C=O) groups excluding carboxylic acids is 1. The van der Waals surface area contributed by atoms with Crippen molar-refractivity contribution in [2.24, 2.45) is 0 Å². The molecule has 0 fully saturated rings. The van der Waals surface area contributed by atoms with E-state index in [1.807, 2.05) is 6.07 Å². The molecule has 0 saturated carbocycles. The minimum Gasteiger partial charge on any atom is -0.457 e. The van der Waals surface area contributed by atoms with Crippen molar-refractivity contribution in [3.8, 4) is 17.6 Å². The summed E-state index contributed by atoms with van der Waals surface area (Å²) < 4.78 is 45.0. The Labute approximate surface area is 144 Å². The van der Waals surface area contributed by atoms with E-state index in [1.54, 1.807) is 6.92 Å². The number of ether oxygens (including phenoxy) is 1. The molecule has 0 aliphatic carbocycles. The first-order chi connectivity index (χ1) is 11.8. The molecule has 128 valence electrons. The number of benzene rings is 2. The van der Waals surface area contributed by atoms with Gasteiger partial charge in [-0.05, 0) is 38.1 Å². The summed E-state index contributed by atoms with van der Waals surface area (Å²) in [6.07, 6.45) is 0. The minimum atomic E-state index is -3.93. The first kappa shape index (κ1) is 16.9. The number of rotatable bonds is 3. The van der Waals surface area contributed by atoms with Crippen molar-refractivity contribution < 1.29 is 22.3 Å². The quantitative estimate of drug-likeness (QED) is 0.840. The van der Waals surface area contributed by atoms with E-state index in [0.29, 0.717) is 0 Å². The van der Waals surface area contributed by atoms with Crippen LogP contribution in [-0.2, 0) is 10.0 Å². The number of sulfonamides is 1. The van der Waals surface area contributed by atoms with Crippen LogP contribution in [0.3, 0.4) is 0 Å². The smallest absolute Gasteiger partial charge is 0.269 e. The van der Waals surface area contributed by atoms with Gasteiger partial charge in [0.15, 0.2) is 0 Å². The molecule has 1 heterocycles. The van der Waals surface area contributed by atoms with Gasteiger partial charge in [0, 0.05) is 18.2 Å². The molecule has 0 bridgehead atoms. The lowest BCUT2D eigenvalue weighted by molar-refractivity contribution is 0.0876. The summed E-state index contributed by atoms with van der Waals surface area (Å²) in [5.74, 6) is -0.992. The molecular formula is C17H13FN2O4S. The summed E-state index contributed by atoms with van der Waals surface area (Å²) in [7, 11) is -3.93. The monoisotopic (exact) mass is 360 g/mol. The van der Waals surface area contributed by atoms with Crippen LogP contribution < -0.4 is 4.74 Å². The molecule has 8 heteroatoms. The third-order valence-corrected chi connectivity index (χ3v) is 5.92. The van der Waals surface area contributed by atoms with Crippen LogP contribution in [0.15, 0.2) is 35.2 Å². The lowest BCUT2D eigenvalue weighted by Gasteiger charge is -2.13. The van der Waals surface area contributed by atoms with Gasteiger partial charge in [-0.3, -0.25) is 4.79 Å². The Hall–Kier alpha value is -2.92. The second-order valence-corrected chi connectivity index (χ2v) is 7.23. The van der Waals surface area contributed by atoms with Gasteiger partial charge in [-0.15, -0.1) is 0 Å². The highest BCUT2D eigenvalue weighted by atomic mass is 32.2. The second-order valence-electron chi connectivity index (χ2n) is 5.43. The lowest BCUT2D eigenvalue weighted by Crippen LogP contribution is -2.29. The van der Waals surface area contributed by atoms with Crippen molar-refractivity contribution in [2.45, 2.75) is 18.7 Å². The van der Waals surface area contributed by atoms with Crippen molar-refractivity contribution in [1.29, 1.82) is 5.26 Å². The summed E-state index contributed by atoms with van der Waals surface area (Å²) in [6.45, 7) is 3.12. The maximum atomic E-state index is 13.5. The van der Waals surface area contributed by atoms with Crippen LogP contribution in [0, 0.1) is 24.1 Å². The normalized spacial score (nSPS) is 15.0. The molecule has 2 aromatic carbocycles. The number of amides is 1. The van der Waals surface area contributed by atoms with E-state index in [9.17, 15) is 17.6 Å². The van der Waals surface area contributed by atoms with Gasteiger partial charge in [0.1, 0.15) is 22.2 Å². The van der Waals surface area contributed by atoms with Crippen LogP contribution in [-0.4, -0.2) is 25.2 Å². The Morgan fingerprint density at radius 2 is 2.00 bits per heavy atom. The zero-order valence-electron chi connectivity index (χ0n) is 13.4. The Bertz CT molecular complexity index is 1040. The van der Waals surface area contributed by atoms with Gasteiger partial charge in [0.2, 0.25) is 0 Å². The van der Waals surface area contributed by atoms with Crippen molar-refractivity contribution in [3.63, 3.8) is 0 Å². The van der Waals surface area contributed by atoms with Gasteiger partial charge in [0.05, 0.1) is 17.2 Å². The van der Waals surface area contributed by atoms with Crippen LogP contribution in [0.25, 0.3) is 0 Å². The van der Waals surface area contributed by atoms with E-state index in [1.165, 1.54) is 25.1 Å². The average Bonchev–Trinajstić information content (AvgIpc) is 2.75. The van der Waals surface area contributed by atoms with Crippen molar-refractivity contribution >= 4 is 15.9 Å². The molecule has 0 atom stereocenters. The van der Waals surface area contributed by atoms with Crippen molar-refractivity contribution in [2.75, 3.05) is 6.54 Å². The molecule has 2 aromatic rings. The molecule has 1 aliphatic heterocycles. The molecule has 0 radical (unpaired) electrons. The Morgan fingerprint density at radius 1 is 1.28 bits per heavy atom. The van der Waals surface area contributed by atoms with Gasteiger partial charge in [-0.25, -0.2) is 17.1 Å². The topological polar surface area (TPSA) is 87.5 Å². The molecule has 0 saturated heterocycles. The highest BCUT2D eigenvalue weighted by Crippen LogP contribution is 2.38. The van der Waals surface area contributed by atoms with Crippen molar-refractivity contribution in [3.05, 3.63) is 52.8 Å². The maximum Gasteiger partial charge on any atom is 0.269 e. The predicted octanol–water partition coefficient (Wildman–Crippen LogP) is 2.96. The van der Waals surface area contributed by atoms with Gasteiger partial charge in [0.25, 0.3) is 15.9 Å². The maximum absolute atomic E-state index is 13.5. The van der Waals surface area contributed by atoms with E-state index >= 15 is 0 Å². The van der Waals surface area contributed by atoms with Gasteiger partial charge in [-0.2, -0.15) is 5.26 Å². The molecule has 3 rings (SSSR count). The molecule has 0 aromatic heterocycles. The third-order valence-electron chi connectivity index (χ3n) is 3.88. The molecule has 0 N–H and O–H groups in total. The fourth-order valence-corrected chi connectivity index (χ4v) is 4.56. The number of nitrogens with zero attached hydrogens (tertiary/aromatic N) is 2. The zero-order valence-corrected chi connectivity index (χ0v) is 14.2. The Morgan fingerprint density at radius 3 is 2.64 bits per heavy atom. The SMILES string of the molecule is CCN1C(=O)c2ccc(Oc3cc(F)cc(C#N)c3)c(C)c2S1(=O)=O. The van der Waals surface area contributed by atoms with E-state index in [0.717, 1.165) is 16.4 Å². The number of hydrogen-bond donors (Lipinski definition) is 0. The fraction of sp³-hybridized carbons (Fsp3) is 0.176. The van der Waals surface area contributed by atoms with E-state index in [2.05, 4.69) is 0 Å². The highest BCUT2D eigenvalue weighted by Gasteiger charge is 2.42. The Balaban J connectivity index is 2.10. The van der Waals surface area contributed by atoms with Gasteiger partial charge >= 0.3 is 0 Å². The Kier molecular flexibility index (Phi) is 3.97. The largest absolute Gasteiger partial charge is 0.457 e. The predicted molar refractivity (Wildman–Crippen MR) is 86.3 cm³/mol. The van der Waals surface area contributed by atoms with E-state index in [-0.39, 0.29) is 39.6 Å². The summed E-state index contributed by atoms with van der Waals surface area (Å²) in [6, 6.07) is 8.13. The summed E-state index contributed by atoms with van der Waals surface area (Å²) in [5.41, 5.74) is 0.419. The molecule has 1 amide bonds. The van der Waals surface area contributed by atoms with Crippen molar-refractivity contribution in [1.82, 2.24) is 4.31 Å². The molecule has 6 nitrogen and oxygen atoms in total. The number of carbonyl (C=O) groups is 1. The first-order valence-electron chi connectivity index (χ1n) is 7.38. The van der Waals surface area contributed by atoms with Crippen LogP contribution in [0.2, 0.25) is 0 Å². The van der Waals surface area contributed by atoms with Crippen LogP contribution >= 0.6 is 0 Å². The molecule has 25 heavy (non-hydrogen) atoms. The lowest BCUT2D eigenvalue weighted by atomic mass is 10.1. The summed E-state index contributed by atoms with van der Waals surface area (Å²) >= 11 is 0. The number of halogens is 1. The number of nitriles is 1. The highest BCUT2D eigenvalue weighted by molar-refractivity contribution is 7.90.